The van der Waals surface area contributed by atoms with Crippen LogP contribution >= 0.6 is 24.0 Å². The largest absolute Gasteiger partial charge is 0.497 e. The van der Waals surface area contributed by atoms with Gasteiger partial charge in [0, 0.05) is 32.2 Å². The molecule has 3 rings (SSSR count). The number of nitrogens with zero attached hydrogens (tertiary/aromatic N) is 2. The van der Waals surface area contributed by atoms with Crippen LogP contribution in [0.2, 0.25) is 0 Å². The predicted octanol–water partition coefficient (Wildman–Crippen LogP) is 4.34. The molecule has 2 N–H and O–H groups in total. The quantitative estimate of drug-likeness (QED) is 0.323. The molecular formula is C24H35IN4O. The van der Waals surface area contributed by atoms with Gasteiger partial charge in [0.2, 0.25) is 0 Å². The lowest BCUT2D eigenvalue weighted by Gasteiger charge is -2.33. The molecule has 1 fully saturated rings. The van der Waals surface area contributed by atoms with Crippen molar-refractivity contribution in [2.45, 2.75) is 45.8 Å². The summed E-state index contributed by atoms with van der Waals surface area (Å²) in [7, 11) is 1.71. The molecule has 30 heavy (non-hydrogen) atoms. The molecule has 6 heteroatoms. The van der Waals surface area contributed by atoms with Gasteiger partial charge in [0.05, 0.1) is 13.7 Å². The van der Waals surface area contributed by atoms with E-state index in [-0.39, 0.29) is 24.0 Å². The first-order chi connectivity index (χ1) is 14.2. The number of hydrogen-bond donors (Lipinski definition) is 2. The standard InChI is InChI=1S/C24H34N4O.HI/c1-4-25-24(26-17-21-14-19(2)15-23(16-21)29-3)27-22-10-12-28(13-11-22)18-20-8-6-5-7-9-20;/h5-9,14-16,22H,4,10-13,17-18H2,1-3H3,(H2,25,26,27);1H. The average molecular weight is 522 g/mol. The summed E-state index contributed by atoms with van der Waals surface area (Å²) in [5.74, 6) is 1.79. The normalized spacial score (nSPS) is 15.4. The molecule has 0 unspecified atom stereocenters. The number of ether oxygens (including phenoxy) is 1. The fraction of sp³-hybridized carbons (Fsp3) is 0.458. The van der Waals surface area contributed by atoms with Crippen LogP contribution in [0.25, 0.3) is 0 Å². The van der Waals surface area contributed by atoms with Crippen molar-refractivity contribution in [2.75, 3.05) is 26.7 Å². The van der Waals surface area contributed by atoms with Gasteiger partial charge in [0.15, 0.2) is 5.96 Å². The highest BCUT2D eigenvalue weighted by molar-refractivity contribution is 14.0. The summed E-state index contributed by atoms with van der Waals surface area (Å²) in [4.78, 5) is 7.34. The van der Waals surface area contributed by atoms with E-state index in [9.17, 15) is 0 Å². The second-order valence-corrected chi connectivity index (χ2v) is 7.73. The molecule has 5 nitrogen and oxygen atoms in total. The maximum atomic E-state index is 5.38. The summed E-state index contributed by atoms with van der Waals surface area (Å²) in [6.45, 7) is 8.95. The highest BCUT2D eigenvalue weighted by Crippen LogP contribution is 2.17. The van der Waals surface area contributed by atoms with Gasteiger partial charge in [-0.25, -0.2) is 4.99 Å². The van der Waals surface area contributed by atoms with E-state index in [1.807, 2.05) is 6.07 Å². The molecule has 0 spiro atoms. The topological polar surface area (TPSA) is 48.9 Å². The van der Waals surface area contributed by atoms with Gasteiger partial charge in [0.25, 0.3) is 0 Å². The van der Waals surface area contributed by atoms with E-state index in [0.717, 1.165) is 56.3 Å². The molecule has 0 radical (unpaired) electrons. The Kier molecular flexibility index (Phi) is 10.4. The van der Waals surface area contributed by atoms with Crippen LogP contribution < -0.4 is 15.4 Å². The molecule has 2 aromatic carbocycles. The maximum Gasteiger partial charge on any atom is 0.191 e. The third-order valence-electron chi connectivity index (χ3n) is 5.29. The highest BCUT2D eigenvalue weighted by Gasteiger charge is 2.20. The van der Waals surface area contributed by atoms with Crippen molar-refractivity contribution in [1.82, 2.24) is 15.5 Å². The van der Waals surface area contributed by atoms with Gasteiger partial charge in [-0.2, -0.15) is 0 Å². The number of benzene rings is 2. The number of nitrogens with one attached hydrogen (secondary N) is 2. The second kappa shape index (κ2) is 12.8. The van der Waals surface area contributed by atoms with Crippen molar-refractivity contribution >= 4 is 29.9 Å². The fourth-order valence-electron chi connectivity index (χ4n) is 3.79. The molecule has 1 saturated heterocycles. The molecule has 164 valence electrons. The molecule has 0 saturated carbocycles. The Morgan fingerprint density at radius 1 is 1.10 bits per heavy atom. The zero-order chi connectivity index (χ0) is 20.5. The van der Waals surface area contributed by atoms with Gasteiger partial charge in [0.1, 0.15) is 5.75 Å². The average Bonchev–Trinajstić information content (AvgIpc) is 2.74. The third kappa shape index (κ3) is 7.80. The number of methoxy groups -OCH3 is 1. The minimum Gasteiger partial charge on any atom is -0.497 e. The number of aliphatic imine (C=N–C) groups is 1. The van der Waals surface area contributed by atoms with E-state index in [1.165, 1.54) is 11.1 Å². The first kappa shape index (κ1) is 24.5. The highest BCUT2D eigenvalue weighted by atomic mass is 127. The van der Waals surface area contributed by atoms with Crippen molar-refractivity contribution in [3.05, 3.63) is 65.2 Å². The van der Waals surface area contributed by atoms with Crippen molar-refractivity contribution < 1.29 is 4.74 Å². The Bertz CT molecular complexity index is 789. The van der Waals surface area contributed by atoms with E-state index < -0.39 is 0 Å². The Balaban J connectivity index is 0.00000320. The number of guanidine groups is 1. The summed E-state index contributed by atoms with van der Waals surface area (Å²) in [6.07, 6.45) is 2.27. The zero-order valence-electron chi connectivity index (χ0n) is 18.4. The lowest BCUT2D eigenvalue weighted by molar-refractivity contribution is 0.198. The van der Waals surface area contributed by atoms with Gasteiger partial charge in [-0.05, 0) is 55.5 Å². The Labute approximate surface area is 198 Å². The second-order valence-electron chi connectivity index (χ2n) is 7.73. The van der Waals surface area contributed by atoms with Gasteiger partial charge in [-0.3, -0.25) is 4.90 Å². The van der Waals surface area contributed by atoms with Gasteiger partial charge in [-0.1, -0.05) is 36.4 Å². The van der Waals surface area contributed by atoms with Crippen LogP contribution in [0.15, 0.2) is 53.5 Å². The van der Waals surface area contributed by atoms with E-state index >= 15 is 0 Å². The lowest BCUT2D eigenvalue weighted by Crippen LogP contribution is -2.48. The minimum atomic E-state index is 0. The Morgan fingerprint density at radius 2 is 1.83 bits per heavy atom. The van der Waals surface area contributed by atoms with Crippen molar-refractivity contribution in [1.29, 1.82) is 0 Å². The summed E-state index contributed by atoms with van der Waals surface area (Å²) < 4.78 is 5.38. The summed E-state index contributed by atoms with van der Waals surface area (Å²) in [5, 5.41) is 7.02. The molecule has 1 heterocycles. The summed E-state index contributed by atoms with van der Waals surface area (Å²) in [6, 6.07) is 17.5. The maximum absolute atomic E-state index is 5.38. The van der Waals surface area contributed by atoms with Crippen LogP contribution in [-0.2, 0) is 13.1 Å². The van der Waals surface area contributed by atoms with Crippen molar-refractivity contribution in [3.63, 3.8) is 0 Å². The Morgan fingerprint density at radius 3 is 2.50 bits per heavy atom. The van der Waals surface area contributed by atoms with Gasteiger partial charge < -0.3 is 15.4 Å². The van der Waals surface area contributed by atoms with Crippen molar-refractivity contribution in [3.8, 4) is 5.75 Å². The number of hydrogen-bond acceptors (Lipinski definition) is 3. The zero-order valence-corrected chi connectivity index (χ0v) is 20.7. The number of piperidine rings is 1. The SMILES string of the molecule is CCNC(=NCc1cc(C)cc(OC)c1)NC1CCN(Cc2ccccc2)CC1.I. The lowest BCUT2D eigenvalue weighted by atomic mass is 10.0. The Hall–Kier alpha value is -1.80. The van der Waals surface area contributed by atoms with E-state index in [1.54, 1.807) is 7.11 Å². The third-order valence-corrected chi connectivity index (χ3v) is 5.29. The molecular weight excluding hydrogens is 487 g/mol. The van der Waals surface area contributed by atoms with Crippen LogP contribution in [0.4, 0.5) is 0 Å². The first-order valence-electron chi connectivity index (χ1n) is 10.6. The molecule has 1 aliphatic rings. The molecule has 2 aromatic rings. The molecule has 0 aromatic heterocycles. The van der Waals surface area contributed by atoms with Crippen LogP contribution in [0.1, 0.15) is 36.5 Å². The summed E-state index contributed by atoms with van der Waals surface area (Å²) in [5.41, 5.74) is 3.75. The minimum absolute atomic E-state index is 0. The van der Waals surface area contributed by atoms with Crippen LogP contribution in [0.5, 0.6) is 5.75 Å². The van der Waals surface area contributed by atoms with Gasteiger partial charge >= 0.3 is 0 Å². The number of aryl methyl sites for hydroxylation is 1. The van der Waals surface area contributed by atoms with Crippen LogP contribution in [0, 0.1) is 6.92 Å². The van der Waals surface area contributed by atoms with Crippen LogP contribution in [0.3, 0.4) is 0 Å². The smallest absolute Gasteiger partial charge is 0.191 e. The molecule has 0 aliphatic carbocycles. The molecule has 0 amide bonds. The van der Waals surface area contributed by atoms with E-state index in [2.05, 4.69) is 71.8 Å². The molecule has 0 atom stereocenters. The number of rotatable bonds is 7. The number of likely N-dealkylation sites (tertiary alicyclic amines) is 1. The number of halogens is 1. The first-order valence-corrected chi connectivity index (χ1v) is 10.6. The van der Waals surface area contributed by atoms with Crippen LogP contribution in [-0.4, -0.2) is 43.6 Å². The molecule has 0 bridgehead atoms. The monoisotopic (exact) mass is 522 g/mol. The molecule has 1 aliphatic heterocycles. The van der Waals surface area contributed by atoms with Crippen molar-refractivity contribution in [2.24, 2.45) is 4.99 Å². The summed E-state index contributed by atoms with van der Waals surface area (Å²) >= 11 is 0. The fourth-order valence-corrected chi connectivity index (χ4v) is 3.79. The van der Waals surface area contributed by atoms with E-state index in [4.69, 9.17) is 9.73 Å². The predicted molar refractivity (Wildman–Crippen MR) is 136 cm³/mol. The van der Waals surface area contributed by atoms with E-state index in [0.29, 0.717) is 12.6 Å². The van der Waals surface area contributed by atoms with Gasteiger partial charge in [-0.15, -0.1) is 24.0 Å².